The Labute approximate surface area is 74.9 Å². The van der Waals surface area contributed by atoms with Crippen molar-refractivity contribution in [2.24, 2.45) is 11.8 Å². The summed E-state index contributed by atoms with van der Waals surface area (Å²) in [6.07, 6.45) is 3.18. The number of carboxylic acids is 2. The molecule has 2 bridgehead atoms. The molecule has 0 amide bonds. The molecule has 0 aromatic heterocycles. The molecule has 0 aliphatic heterocycles. The molecule has 0 spiro atoms. The van der Waals surface area contributed by atoms with Crippen molar-refractivity contribution in [1.29, 1.82) is 0 Å². The number of allylic oxidation sites excluding steroid dienone is 1. The summed E-state index contributed by atoms with van der Waals surface area (Å²) < 4.78 is 0. The van der Waals surface area contributed by atoms with E-state index in [0.29, 0.717) is 12.8 Å². The molecule has 2 aliphatic rings. The van der Waals surface area contributed by atoms with Crippen LogP contribution in [-0.4, -0.2) is 22.2 Å². The lowest BCUT2D eigenvalue weighted by molar-refractivity contribution is -0.144. The predicted molar refractivity (Wildman–Crippen MR) is 42.8 cm³/mol. The molecule has 4 heteroatoms. The van der Waals surface area contributed by atoms with Gasteiger partial charge in [-0.15, -0.1) is 0 Å². The van der Waals surface area contributed by atoms with Gasteiger partial charge in [-0.25, -0.2) is 4.79 Å². The van der Waals surface area contributed by atoms with Gasteiger partial charge in [-0.2, -0.15) is 0 Å². The van der Waals surface area contributed by atoms with E-state index in [2.05, 4.69) is 0 Å². The van der Waals surface area contributed by atoms with Crippen LogP contribution in [0.5, 0.6) is 0 Å². The smallest absolute Gasteiger partial charge is 0.332 e. The molecule has 2 N–H and O–H groups in total. The van der Waals surface area contributed by atoms with Crippen LogP contribution in [0.1, 0.15) is 12.8 Å². The summed E-state index contributed by atoms with van der Waals surface area (Å²) in [5.74, 6) is -2.98. The number of carboxylic acid groups (broad SMARTS) is 2. The van der Waals surface area contributed by atoms with Crippen molar-refractivity contribution in [2.45, 2.75) is 12.8 Å². The predicted octanol–water partition coefficient (Wildman–Crippen LogP) is 0.696. The van der Waals surface area contributed by atoms with Crippen molar-refractivity contribution in [3.8, 4) is 0 Å². The summed E-state index contributed by atoms with van der Waals surface area (Å²) in [6, 6.07) is 0. The maximum Gasteiger partial charge on any atom is 0.332 e. The highest BCUT2D eigenvalue weighted by atomic mass is 16.4. The van der Waals surface area contributed by atoms with Crippen molar-refractivity contribution in [1.82, 2.24) is 0 Å². The Kier molecular flexibility index (Phi) is 1.65. The highest BCUT2D eigenvalue weighted by molar-refractivity contribution is 5.96. The van der Waals surface area contributed by atoms with E-state index in [0.717, 1.165) is 5.57 Å². The van der Waals surface area contributed by atoms with E-state index in [1.54, 1.807) is 0 Å². The minimum Gasteiger partial charge on any atom is -0.481 e. The standard InChI is InChI=1S/C9H9O4/c10-8(11)6-4-1-2-5(3-4)7(6)9(12)13/h1,4,6H,2-3H2,(H,10,11)(H,12,13). The minimum atomic E-state index is -1.07. The molecule has 0 saturated heterocycles. The highest BCUT2D eigenvalue weighted by Gasteiger charge is 2.46. The van der Waals surface area contributed by atoms with E-state index in [1.807, 2.05) is 6.42 Å². The summed E-state index contributed by atoms with van der Waals surface area (Å²) in [7, 11) is 0. The van der Waals surface area contributed by atoms with Crippen LogP contribution in [0.15, 0.2) is 11.1 Å². The maximum atomic E-state index is 10.8. The van der Waals surface area contributed by atoms with Crippen LogP contribution in [0.25, 0.3) is 0 Å². The summed E-state index contributed by atoms with van der Waals surface area (Å²) >= 11 is 0. The fraction of sp³-hybridized carbons (Fsp3) is 0.444. The second kappa shape index (κ2) is 2.58. The first-order valence-electron chi connectivity index (χ1n) is 4.12. The largest absolute Gasteiger partial charge is 0.481 e. The summed E-state index contributed by atoms with van der Waals surface area (Å²) in [5, 5.41) is 17.7. The van der Waals surface area contributed by atoms with Gasteiger partial charge in [0.05, 0.1) is 11.5 Å². The molecule has 2 unspecified atom stereocenters. The van der Waals surface area contributed by atoms with E-state index in [-0.39, 0.29) is 11.5 Å². The third kappa shape index (κ3) is 1.05. The van der Waals surface area contributed by atoms with Crippen LogP contribution in [0, 0.1) is 18.3 Å². The quantitative estimate of drug-likeness (QED) is 0.657. The van der Waals surface area contributed by atoms with Gasteiger partial charge in [0.25, 0.3) is 0 Å². The Bertz CT molecular complexity index is 316. The van der Waals surface area contributed by atoms with Crippen LogP contribution < -0.4 is 0 Å². The number of aliphatic carboxylic acids is 2. The number of carbonyl (C=O) groups is 2. The number of hydrogen-bond donors (Lipinski definition) is 2. The fourth-order valence-corrected chi connectivity index (χ4v) is 2.24. The Morgan fingerprint density at radius 2 is 2.08 bits per heavy atom. The van der Waals surface area contributed by atoms with E-state index >= 15 is 0 Å². The molecule has 2 atom stereocenters. The molecule has 2 rings (SSSR count). The zero-order valence-corrected chi connectivity index (χ0v) is 6.86. The molecule has 4 nitrogen and oxygen atoms in total. The fourth-order valence-electron chi connectivity index (χ4n) is 2.24. The third-order valence-corrected chi connectivity index (χ3v) is 2.77. The summed E-state index contributed by atoms with van der Waals surface area (Å²) in [4.78, 5) is 21.6. The molecule has 69 valence electrons. The monoisotopic (exact) mass is 181 g/mol. The Morgan fingerprint density at radius 3 is 2.54 bits per heavy atom. The van der Waals surface area contributed by atoms with E-state index in [1.165, 1.54) is 0 Å². The molecule has 0 aromatic carbocycles. The van der Waals surface area contributed by atoms with E-state index in [9.17, 15) is 9.59 Å². The second-order valence-corrected chi connectivity index (χ2v) is 3.45. The number of fused-ring (bicyclic) bond motifs is 2. The van der Waals surface area contributed by atoms with Gasteiger partial charge in [-0.3, -0.25) is 4.79 Å². The Morgan fingerprint density at radius 1 is 1.38 bits per heavy atom. The minimum absolute atomic E-state index is 0.0846. The first-order chi connectivity index (χ1) is 6.11. The van der Waals surface area contributed by atoms with Crippen LogP contribution in [0.4, 0.5) is 0 Å². The van der Waals surface area contributed by atoms with Crippen molar-refractivity contribution >= 4 is 11.9 Å². The van der Waals surface area contributed by atoms with Crippen molar-refractivity contribution in [2.75, 3.05) is 0 Å². The van der Waals surface area contributed by atoms with Gasteiger partial charge in [0.2, 0.25) is 0 Å². The van der Waals surface area contributed by atoms with E-state index in [4.69, 9.17) is 10.2 Å². The summed E-state index contributed by atoms with van der Waals surface area (Å²) in [5.41, 5.74) is 0.921. The molecule has 1 radical (unpaired) electrons. The van der Waals surface area contributed by atoms with Gasteiger partial charge in [0, 0.05) is 0 Å². The van der Waals surface area contributed by atoms with Gasteiger partial charge >= 0.3 is 11.9 Å². The zero-order valence-electron chi connectivity index (χ0n) is 6.86. The van der Waals surface area contributed by atoms with Gasteiger partial charge < -0.3 is 10.2 Å². The topological polar surface area (TPSA) is 74.6 Å². The molecule has 0 heterocycles. The van der Waals surface area contributed by atoms with Crippen LogP contribution in [0.3, 0.4) is 0 Å². The summed E-state index contributed by atoms with van der Waals surface area (Å²) in [6.45, 7) is 0. The molecular formula is C9H9O4. The first kappa shape index (κ1) is 8.29. The van der Waals surface area contributed by atoms with Gasteiger partial charge in [0.1, 0.15) is 0 Å². The maximum absolute atomic E-state index is 10.8. The average molecular weight is 181 g/mol. The van der Waals surface area contributed by atoms with Gasteiger partial charge in [0.15, 0.2) is 0 Å². The van der Waals surface area contributed by atoms with Gasteiger partial charge in [-0.05, 0) is 25.2 Å². The lowest BCUT2D eigenvalue weighted by Crippen LogP contribution is -2.26. The molecule has 2 aliphatic carbocycles. The van der Waals surface area contributed by atoms with Crippen molar-refractivity contribution in [3.05, 3.63) is 17.6 Å². The lowest BCUT2D eigenvalue weighted by Gasteiger charge is -2.17. The lowest BCUT2D eigenvalue weighted by atomic mass is 9.86. The second-order valence-electron chi connectivity index (χ2n) is 3.45. The van der Waals surface area contributed by atoms with Crippen LogP contribution >= 0.6 is 0 Å². The Balaban J connectivity index is 2.40. The highest BCUT2D eigenvalue weighted by Crippen LogP contribution is 2.47. The van der Waals surface area contributed by atoms with Crippen LogP contribution in [-0.2, 0) is 9.59 Å². The molecule has 1 fully saturated rings. The van der Waals surface area contributed by atoms with E-state index < -0.39 is 17.9 Å². The van der Waals surface area contributed by atoms with Crippen molar-refractivity contribution in [3.63, 3.8) is 0 Å². The molecule has 0 aromatic rings. The molecule has 1 saturated carbocycles. The average Bonchev–Trinajstić information content (AvgIpc) is 2.60. The van der Waals surface area contributed by atoms with Crippen molar-refractivity contribution < 1.29 is 19.8 Å². The normalized spacial score (nSPS) is 31.1. The SMILES string of the molecule is O=C(O)C1=C2C[CH]C(C2)C1C(=O)O. The number of hydrogen-bond acceptors (Lipinski definition) is 2. The van der Waals surface area contributed by atoms with Gasteiger partial charge in [-0.1, -0.05) is 5.57 Å². The number of rotatable bonds is 2. The molecular weight excluding hydrogens is 172 g/mol. The Hall–Kier alpha value is -1.32. The zero-order chi connectivity index (χ0) is 9.59. The molecule has 13 heavy (non-hydrogen) atoms. The van der Waals surface area contributed by atoms with Crippen LogP contribution in [0.2, 0.25) is 0 Å². The first-order valence-corrected chi connectivity index (χ1v) is 4.12. The third-order valence-electron chi connectivity index (χ3n) is 2.77.